The normalized spacial score (nSPS) is 8.80. The van der Waals surface area contributed by atoms with E-state index in [0.717, 1.165) is 16.9 Å². The molecule has 4 nitrogen and oxygen atoms in total. The Kier molecular flexibility index (Phi) is 4.97. The molecule has 0 unspecified atom stereocenters. The average molecular weight is 247 g/mol. The van der Waals surface area contributed by atoms with Crippen LogP contribution in [0.25, 0.3) is 11.3 Å². The van der Waals surface area contributed by atoms with Gasteiger partial charge in [0.1, 0.15) is 5.82 Å². The van der Waals surface area contributed by atoms with Crippen LogP contribution in [-0.2, 0) is 0 Å². The summed E-state index contributed by atoms with van der Waals surface area (Å²) in [4.78, 5) is 0. The van der Waals surface area contributed by atoms with Gasteiger partial charge in [-0.1, -0.05) is 12.1 Å². The van der Waals surface area contributed by atoms with Gasteiger partial charge in [0, 0.05) is 17.3 Å². The van der Waals surface area contributed by atoms with Crippen molar-refractivity contribution >= 4 is 36.3 Å². The van der Waals surface area contributed by atoms with E-state index in [1.165, 1.54) is 0 Å². The maximum absolute atomic E-state index is 5.56. The van der Waals surface area contributed by atoms with Crippen molar-refractivity contribution in [3.05, 3.63) is 30.3 Å². The molecule has 6 heteroatoms. The van der Waals surface area contributed by atoms with E-state index >= 15 is 0 Å². The molecule has 15 heavy (non-hydrogen) atoms. The second-order valence-corrected chi connectivity index (χ2v) is 2.83. The van der Waals surface area contributed by atoms with Gasteiger partial charge in [-0.05, 0) is 12.1 Å². The van der Waals surface area contributed by atoms with Gasteiger partial charge >= 0.3 is 0 Å². The quantitative estimate of drug-likeness (QED) is 0.675. The highest BCUT2D eigenvalue weighted by atomic mass is 35.5. The van der Waals surface area contributed by atoms with Crippen LogP contribution < -0.4 is 11.5 Å². The Balaban J connectivity index is 0.000000980. The molecule has 1 aromatic carbocycles. The van der Waals surface area contributed by atoms with Crippen LogP contribution in [0.3, 0.4) is 0 Å². The molecule has 1 aromatic heterocycles. The third-order valence-electron chi connectivity index (χ3n) is 1.80. The van der Waals surface area contributed by atoms with Crippen molar-refractivity contribution < 1.29 is 0 Å². The van der Waals surface area contributed by atoms with Gasteiger partial charge in [0.25, 0.3) is 0 Å². The second kappa shape index (κ2) is 5.48. The minimum Gasteiger partial charge on any atom is -0.399 e. The zero-order chi connectivity index (χ0) is 9.26. The number of aromatic nitrogens is 2. The number of H-pyrrole nitrogens is 1. The summed E-state index contributed by atoms with van der Waals surface area (Å²) in [6.07, 6.45) is 0. The van der Waals surface area contributed by atoms with Gasteiger partial charge in [-0.2, -0.15) is 5.10 Å². The Labute approximate surface area is 99.9 Å². The molecule has 0 saturated carbocycles. The van der Waals surface area contributed by atoms with Crippen LogP contribution in [0.5, 0.6) is 0 Å². The number of nitrogens with two attached hydrogens (primary N) is 2. The molecule has 0 bridgehead atoms. The zero-order valence-corrected chi connectivity index (χ0v) is 9.44. The molecule has 2 rings (SSSR count). The van der Waals surface area contributed by atoms with E-state index < -0.39 is 0 Å². The number of rotatable bonds is 1. The van der Waals surface area contributed by atoms with E-state index in [0.29, 0.717) is 5.82 Å². The minimum atomic E-state index is 0. The number of nitrogens with zero attached hydrogens (tertiary/aromatic N) is 1. The summed E-state index contributed by atoms with van der Waals surface area (Å²) < 4.78 is 0. The van der Waals surface area contributed by atoms with Crippen molar-refractivity contribution in [2.24, 2.45) is 0 Å². The van der Waals surface area contributed by atoms with E-state index in [4.69, 9.17) is 11.5 Å². The highest BCUT2D eigenvalue weighted by Crippen LogP contribution is 2.19. The van der Waals surface area contributed by atoms with Gasteiger partial charge in [0.15, 0.2) is 0 Å². The largest absolute Gasteiger partial charge is 0.399 e. The molecule has 0 spiro atoms. The van der Waals surface area contributed by atoms with Crippen LogP contribution >= 0.6 is 24.8 Å². The molecule has 82 valence electrons. The summed E-state index contributed by atoms with van der Waals surface area (Å²) in [5.74, 6) is 0.562. The first-order chi connectivity index (χ1) is 6.25. The highest BCUT2D eigenvalue weighted by Gasteiger charge is 2.00. The Hall–Kier alpha value is -1.39. The lowest BCUT2D eigenvalue weighted by molar-refractivity contribution is 1.10. The van der Waals surface area contributed by atoms with Crippen molar-refractivity contribution in [1.82, 2.24) is 10.2 Å². The fraction of sp³-hybridized carbons (Fsp3) is 0. The summed E-state index contributed by atoms with van der Waals surface area (Å²) in [7, 11) is 0. The molecule has 0 saturated heterocycles. The summed E-state index contributed by atoms with van der Waals surface area (Å²) in [6, 6.07) is 9.27. The Bertz CT molecular complexity index is 410. The number of halogens is 2. The van der Waals surface area contributed by atoms with E-state index in [9.17, 15) is 0 Å². The fourth-order valence-electron chi connectivity index (χ4n) is 1.14. The van der Waals surface area contributed by atoms with Crippen LogP contribution in [0.4, 0.5) is 11.5 Å². The Morgan fingerprint density at radius 1 is 1.00 bits per heavy atom. The molecule has 5 N–H and O–H groups in total. The monoisotopic (exact) mass is 246 g/mol. The molecule has 0 fully saturated rings. The van der Waals surface area contributed by atoms with Gasteiger partial charge in [-0.25, -0.2) is 0 Å². The van der Waals surface area contributed by atoms with Crippen molar-refractivity contribution in [2.45, 2.75) is 0 Å². The average Bonchev–Trinajstić information content (AvgIpc) is 2.53. The van der Waals surface area contributed by atoms with Crippen molar-refractivity contribution in [3.8, 4) is 11.3 Å². The number of hydrogen-bond acceptors (Lipinski definition) is 3. The van der Waals surface area contributed by atoms with Crippen molar-refractivity contribution in [2.75, 3.05) is 11.5 Å². The van der Waals surface area contributed by atoms with Gasteiger partial charge in [0.05, 0.1) is 5.69 Å². The van der Waals surface area contributed by atoms with Crippen LogP contribution in [0.2, 0.25) is 0 Å². The molecule has 1 heterocycles. The Morgan fingerprint density at radius 2 is 1.60 bits per heavy atom. The number of aromatic amines is 1. The molecule has 0 aliphatic heterocycles. The number of hydrogen-bond donors (Lipinski definition) is 3. The summed E-state index contributed by atoms with van der Waals surface area (Å²) in [6.45, 7) is 0. The third-order valence-corrected chi connectivity index (χ3v) is 1.80. The number of nitrogens with one attached hydrogen (secondary N) is 1. The van der Waals surface area contributed by atoms with E-state index in [1.54, 1.807) is 6.07 Å². The molecular weight excluding hydrogens is 235 g/mol. The lowest BCUT2D eigenvalue weighted by atomic mass is 10.1. The summed E-state index contributed by atoms with van der Waals surface area (Å²) in [5.41, 5.74) is 13.6. The smallest absolute Gasteiger partial charge is 0.119 e. The van der Waals surface area contributed by atoms with Crippen molar-refractivity contribution in [3.63, 3.8) is 0 Å². The summed E-state index contributed by atoms with van der Waals surface area (Å²) in [5, 5.41) is 6.70. The van der Waals surface area contributed by atoms with Gasteiger partial charge in [0.2, 0.25) is 0 Å². The molecule has 0 aliphatic rings. The lowest BCUT2D eigenvalue weighted by Crippen LogP contribution is -1.83. The van der Waals surface area contributed by atoms with Crippen LogP contribution in [0.15, 0.2) is 30.3 Å². The lowest BCUT2D eigenvalue weighted by Gasteiger charge is -1.95. The first-order valence-electron chi connectivity index (χ1n) is 3.92. The predicted octanol–water partition coefficient (Wildman–Crippen LogP) is 2.08. The number of nitrogen functional groups attached to an aromatic ring is 2. The topological polar surface area (TPSA) is 80.7 Å². The molecular formula is C9H12Cl2N4. The summed E-state index contributed by atoms with van der Waals surface area (Å²) >= 11 is 0. The van der Waals surface area contributed by atoms with E-state index in [1.807, 2.05) is 24.3 Å². The standard InChI is InChI=1S/C9H10N4.2ClH/c10-7-3-1-6(2-4-7)8-5-9(11)13-12-8;;/h1-5H,10H2,(H3,11,12,13);2*1H. The van der Waals surface area contributed by atoms with Crippen LogP contribution in [-0.4, -0.2) is 10.2 Å². The molecule has 0 radical (unpaired) electrons. The molecule has 2 aromatic rings. The Morgan fingerprint density at radius 3 is 2.07 bits per heavy atom. The highest BCUT2D eigenvalue weighted by molar-refractivity contribution is 5.85. The zero-order valence-electron chi connectivity index (χ0n) is 7.81. The molecule has 0 amide bonds. The minimum absolute atomic E-state index is 0. The third kappa shape index (κ3) is 3.04. The molecule has 0 atom stereocenters. The first kappa shape index (κ1) is 13.6. The fourth-order valence-corrected chi connectivity index (χ4v) is 1.14. The van der Waals surface area contributed by atoms with Gasteiger partial charge in [-0.15, -0.1) is 24.8 Å². The van der Waals surface area contributed by atoms with Gasteiger partial charge in [-0.3, -0.25) is 5.10 Å². The second-order valence-electron chi connectivity index (χ2n) is 2.83. The van der Waals surface area contributed by atoms with Crippen LogP contribution in [0, 0.1) is 0 Å². The van der Waals surface area contributed by atoms with Gasteiger partial charge < -0.3 is 11.5 Å². The first-order valence-corrected chi connectivity index (χ1v) is 3.92. The van der Waals surface area contributed by atoms with Crippen LogP contribution in [0.1, 0.15) is 0 Å². The predicted molar refractivity (Wildman–Crippen MR) is 67.3 cm³/mol. The van der Waals surface area contributed by atoms with Crippen molar-refractivity contribution in [1.29, 1.82) is 0 Å². The SMILES string of the molecule is Cl.Cl.Nc1ccc(-c2cc(N)[nH]n2)cc1. The maximum atomic E-state index is 5.56. The maximum Gasteiger partial charge on any atom is 0.119 e. The van der Waals surface area contributed by atoms with E-state index in [2.05, 4.69) is 10.2 Å². The molecule has 0 aliphatic carbocycles. The number of benzene rings is 1. The number of anilines is 2. The van der Waals surface area contributed by atoms with E-state index in [-0.39, 0.29) is 24.8 Å².